The van der Waals surface area contributed by atoms with E-state index in [2.05, 4.69) is 67.5 Å². The van der Waals surface area contributed by atoms with E-state index >= 15 is 0 Å². The minimum Gasteiger partial charge on any atom is -0.0656 e. The highest BCUT2D eigenvalue weighted by Crippen LogP contribution is 2.15. The van der Waals surface area contributed by atoms with Gasteiger partial charge in [-0.15, -0.1) is 0 Å². The van der Waals surface area contributed by atoms with Gasteiger partial charge >= 0.3 is 0 Å². The lowest BCUT2D eigenvalue weighted by atomic mass is 10.0. The van der Waals surface area contributed by atoms with Gasteiger partial charge < -0.3 is 0 Å². The zero-order valence-corrected chi connectivity index (χ0v) is 12.6. The number of hydrogen-bond acceptors (Lipinski definition) is 0. The summed E-state index contributed by atoms with van der Waals surface area (Å²) in [6.45, 7) is 17.2. The van der Waals surface area contributed by atoms with E-state index in [1.54, 1.807) is 0 Å². The Labute approximate surface area is 103 Å². The van der Waals surface area contributed by atoms with Gasteiger partial charge in [0.25, 0.3) is 0 Å². The van der Waals surface area contributed by atoms with Crippen molar-refractivity contribution in [3.8, 4) is 0 Å². The lowest BCUT2D eigenvalue weighted by Crippen LogP contribution is -1.88. The van der Waals surface area contributed by atoms with Crippen LogP contribution in [0.5, 0.6) is 0 Å². The van der Waals surface area contributed by atoms with Crippen molar-refractivity contribution in [1.29, 1.82) is 0 Å². The fourth-order valence-corrected chi connectivity index (χ4v) is 1.09. The molecule has 0 unspecified atom stereocenters. The van der Waals surface area contributed by atoms with E-state index in [0.29, 0.717) is 0 Å². The zero-order chi connectivity index (χ0) is 13.1. The molecule has 94 valence electrons. The fourth-order valence-electron chi connectivity index (χ4n) is 1.09. The molecule has 1 aromatic rings. The molecule has 0 aliphatic rings. The van der Waals surface area contributed by atoms with E-state index in [1.165, 1.54) is 35.1 Å². The van der Waals surface area contributed by atoms with Gasteiger partial charge in [0, 0.05) is 0 Å². The molecule has 0 aliphatic carbocycles. The van der Waals surface area contributed by atoms with Crippen LogP contribution in [0.15, 0.2) is 12.1 Å². The smallest absolute Gasteiger partial charge is 0.0392 e. The summed E-state index contributed by atoms with van der Waals surface area (Å²) in [7, 11) is 0. The van der Waals surface area contributed by atoms with E-state index in [9.17, 15) is 0 Å². The van der Waals surface area contributed by atoms with Crippen LogP contribution in [0.25, 0.3) is 0 Å². The summed E-state index contributed by atoms with van der Waals surface area (Å²) in [5.74, 6) is 0. The minimum absolute atomic E-state index is 1.25. The summed E-state index contributed by atoms with van der Waals surface area (Å²) >= 11 is 0. The molecule has 0 bridgehead atoms. The normalized spacial score (nSPS) is 8.50. The molecular formula is C16H30. The Morgan fingerprint density at radius 1 is 0.625 bits per heavy atom. The van der Waals surface area contributed by atoms with Gasteiger partial charge in [0.05, 0.1) is 0 Å². The average molecular weight is 222 g/mol. The molecule has 0 saturated carbocycles. The van der Waals surface area contributed by atoms with Gasteiger partial charge in [0.2, 0.25) is 0 Å². The van der Waals surface area contributed by atoms with E-state index < -0.39 is 0 Å². The predicted octanol–water partition coefficient (Wildman–Crippen LogP) is 5.75. The van der Waals surface area contributed by atoms with Crippen molar-refractivity contribution < 1.29 is 0 Å². The molecule has 0 aromatic heterocycles. The van der Waals surface area contributed by atoms with Gasteiger partial charge in [-0.25, -0.2) is 0 Å². The van der Waals surface area contributed by atoms with Crippen LogP contribution in [-0.4, -0.2) is 0 Å². The second-order valence-corrected chi connectivity index (χ2v) is 4.36. The van der Waals surface area contributed by atoms with Crippen molar-refractivity contribution in [3.63, 3.8) is 0 Å². The van der Waals surface area contributed by atoms with Crippen LogP contribution >= 0.6 is 0 Å². The molecule has 1 aromatic carbocycles. The summed E-state index contributed by atoms with van der Waals surface area (Å²) in [6.07, 6.45) is 2.50. The van der Waals surface area contributed by atoms with Crippen molar-refractivity contribution in [2.45, 2.75) is 68.2 Å². The summed E-state index contributed by atoms with van der Waals surface area (Å²) in [6, 6.07) is 4.36. The first kappa shape index (κ1) is 17.6. The number of benzene rings is 1. The van der Waals surface area contributed by atoms with Gasteiger partial charge in [-0.1, -0.05) is 52.7 Å². The maximum atomic E-state index is 2.18. The molecule has 0 atom stereocenters. The molecule has 1 rings (SSSR count). The van der Waals surface area contributed by atoms with Crippen molar-refractivity contribution in [3.05, 3.63) is 34.4 Å². The topological polar surface area (TPSA) is 0 Å². The average Bonchev–Trinajstić information content (AvgIpc) is 2.23. The molecule has 0 aliphatic heterocycles. The second kappa shape index (κ2) is 10.7. The van der Waals surface area contributed by atoms with Gasteiger partial charge in [-0.05, 0) is 49.9 Å². The molecule has 0 heterocycles. The van der Waals surface area contributed by atoms with E-state index in [-0.39, 0.29) is 0 Å². The van der Waals surface area contributed by atoms with Crippen LogP contribution in [0.4, 0.5) is 0 Å². The molecule has 0 N–H and O–H groups in total. The predicted molar refractivity (Wildman–Crippen MR) is 77.3 cm³/mol. The van der Waals surface area contributed by atoms with Crippen molar-refractivity contribution in [1.82, 2.24) is 0 Å². The molecular weight excluding hydrogens is 192 g/mol. The van der Waals surface area contributed by atoms with E-state index in [1.807, 2.05) is 0 Å². The van der Waals surface area contributed by atoms with Crippen molar-refractivity contribution in [2.24, 2.45) is 0 Å². The monoisotopic (exact) mass is 222 g/mol. The van der Waals surface area contributed by atoms with Gasteiger partial charge in [-0.3, -0.25) is 0 Å². The number of aryl methyl sites for hydroxylation is 2. The summed E-state index contributed by atoms with van der Waals surface area (Å²) in [5.41, 5.74) is 5.64. The Kier molecular flexibility index (Phi) is 11.8. The van der Waals surface area contributed by atoms with E-state index in [0.717, 1.165) is 0 Å². The fraction of sp³-hybridized carbons (Fsp3) is 0.625. The van der Waals surface area contributed by atoms with Crippen molar-refractivity contribution in [2.75, 3.05) is 0 Å². The summed E-state index contributed by atoms with van der Waals surface area (Å²) < 4.78 is 0. The van der Waals surface area contributed by atoms with Gasteiger partial charge in [-0.2, -0.15) is 0 Å². The first-order valence-electron chi connectivity index (χ1n) is 6.49. The lowest BCUT2D eigenvalue weighted by molar-refractivity contribution is 1.09. The highest BCUT2D eigenvalue weighted by atomic mass is 14.0. The second-order valence-electron chi connectivity index (χ2n) is 4.36. The highest BCUT2D eigenvalue weighted by Gasteiger charge is 1.97. The van der Waals surface area contributed by atoms with Crippen LogP contribution in [0.1, 0.15) is 62.8 Å². The van der Waals surface area contributed by atoms with Crippen LogP contribution < -0.4 is 0 Å². The maximum Gasteiger partial charge on any atom is -0.0392 e. The third kappa shape index (κ3) is 7.50. The Morgan fingerprint density at radius 3 is 1.00 bits per heavy atom. The molecule has 0 spiro atoms. The molecule has 16 heavy (non-hydrogen) atoms. The van der Waals surface area contributed by atoms with Crippen LogP contribution in [-0.2, 0) is 0 Å². The summed E-state index contributed by atoms with van der Waals surface area (Å²) in [4.78, 5) is 0. The van der Waals surface area contributed by atoms with Gasteiger partial charge in [0.1, 0.15) is 0 Å². The Hall–Kier alpha value is -0.780. The quantitative estimate of drug-likeness (QED) is 0.524. The number of hydrogen-bond donors (Lipinski definition) is 0. The third-order valence-corrected chi connectivity index (χ3v) is 2.33. The van der Waals surface area contributed by atoms with Crippen LogP contribution in [0.2, 0.25) is 0 Å². The van der Waals surface area contributed by atoms with Crippen LogP contribution in [0, 0.1) is 27.7 Å². The third-order valence-electron chi connectivity index (χ3n) is 2.33. The summed E-state index contributed by atoms with van der Waals surface area (Å²) in [5, 5.41) is 0. The Morgan fingerprint density at radius 2 is 0.812 bits per heavy atom. The number of rotatable bonds is 0. The standard InChI is InChI=1S/C10H14.2C3H8/c1-7-5-6-8(2)10(4)9(7)3;2*1-3-2/h5-6H,1-4H3;2*3H2,1-2H3. The Balaban J connectivity index is 0. The Bertz CT molecular complexity index is 243. The van der Waals surface area contributed by atoms with Crippen molar-refractivity contribution >= 4 is 0 Å². The highest BCUT2D eigenvalue weighted by molar-refractivity contribution is 5.37. The molecule has 0 nitrogen and oxygen atoms in total. The first-order chi connectivity index (χ1) is 7.45. The maximum absolute atomic E-state index is 2.18. The minimum atomic E-state index is 1.25. The SMILES string of the molecule is CCC.CCC.Cc1ccc(C)c(C)c1C. The molecule has 0 fully saturated rings. The molecule has 0 radical (unpaired) electrons. The molecule has 0 saturated heterocycles. The molecule has 0 heteroatoms. The lowest BCUT2D eigenvalue weighted by Gasteiger charge is -2.06. The van der Waals surface area contributed by atoms with E-state index in [4.69, 9.17) is 0 Å². The van der Waals surface area contributed by atoms with Gasteiger partial charge in [0.15, 0.2) is 0 Å². The molecule has 0 amide bonds. The zero-order valence-electron chi connectivity index (χ0n) is 12.6. The largest absolute Gasteiger partial charge is 0.0656 e. The van der Waals surface area contributed by atoms with Crippen LogP contribution in [0.3, 0.4) is 0 Å². The first-order valence-corrected chi connectivity index (χ1v) is 6.49.